The second-order valence-electron chi connectivity index (χ2n) is 6.65. The fourth-order valence-corrected chi connectivity index (χ4v) is 4.13. The lowest BCUT2D eigenvalue weighted by Gasteiger charge is -2.31. The zero-order valence-corrected chi connectivity index (χ0v) is 15.0. The number of aromatic nitrogens is 1. The van der Waals surface area contributed by atoms with Crippen molar-refractivity contribution in [3.63, 3.8) is 0 Å². The van der Waals surface area contributed by atoms with Gasteiger partial charge in [0.25, 0.3) is 5.19 Å². The second-order valence-corrected chi connectivity index (χ2v) is 7.64. The molecule has 3 aromatic rings. The van der Waals surface area contributed by atoms with Crippen LogP contribution < -0.4 is 10.5 Å². The van der Waals surface area contributed by atoms with Crippen molar-refractivity contribution in [3.05, 3.63) is 54.1 Å². The molecule has 0 amide bonds. The fourth-order valence-electron chi connectivity index (χ4n) is 3.30. The monoisotopic (exact) mass is 353 g/mol. The van der Waals surface area contributed by atoms with Gasteiger partial charge in [0.2, 0.25) is 0 Å². The van der Waals surface area contributed by atoms with Crippen molar-refractivity contribution < 1.29 is 4.74 Å². The number of hydrogen-bond donors (Lipinski definition) is 1. The number of hydrogen-bond acceptors (Lipinski definition) is 5. The molecule has 0 atom stereocenters. The summed E-state index contributed by atoms with van der Waals surface area (Å²) in [4.78, 5) is 7.03. The van der Waals surface area contributed by atoms with Gasteiger partial charge in [-0.15, -0.1) is 0 Å². The van der Waals surface area contributed by atoms with E-state index >= 15 is 0 Å². The summed E-state index contributed by atoms with van der Waals surface area (Å²) in [6, 6.07) is 16.5. The van der Waals surface area contributed by atoms with Gasteiger partial charge in [0.15, 0.2) is 0 Å². The molecule has 0 unspecified atom stereocenters. The maximum atomic E-state index is 5.92. The number of piperidine rings is 1. The predicted octanol–water partition coefficient (Wildman–Crippen LogP) is 4.26. The number of benzene rings is 2. The summed E-state index contributed by atoms with van der Waals surface area (Å²) >= 11 is 1.58. The normalized spacial score (nSPS) is 16.4. The van der Waals surface area contributed by atoms with E-state index in [0.717, 1.165) is 42.1 Å². The molecule has 1 aromatic heterocycles. The number of nitrogens with zero attached hydrogens (tertiary/aromatic N) is 2. The van der Waals surface area contributed by atoms with Crippen molar-refractivity contribution in [2.75, 3.05) is 19.6 Å². The van der Waals surface area contributed by atoms with Crippen molar-refractivity contribution in [2.45, 2.75) is 19.4 Å². The first-order valence-electron chi connectivity index (χ1n) is 8.85. The van der Waals surface area contributed by atoms with Crippen LogP contribution in [0.3, 0.4) is 0 Å². The molecule has 0 aliphatic carbocycles. The molecule has 1 saturated heterocycles. The average Bonchev–Trinajstić information content (AvgIpc) is 3.06. The summed E-state index contributed by atoms with van der Waals surface area (Å²) in [6.07, 6.45) is 2.44. The minimum Gasteiger partial charge on any atom is -0.431 e. The van der Waals surface area contributed by atoms with E-state index in [-0.39, 0.29) is 0 Å². The molecule has 25 heavy (non-hydrogen) atoms. The van der Waals surface area contributed by atoms with Crippen LogP contribution in [0.5, 0.6) is 10.9 Å². The Morgan fingerprint density at radius 1 is 1.08 bits per heavy atom. The summed E-state index contributed by atoms with van der Waals surface area (Å²) < 4.78 is 7.06. The quantitative estimate of drug-likeness (QED) is 0.745. The van der Waals surface area contributed by atoms with E-state index in [4.69, 9.17) is 10.5 Å². The third kappa shape index (κ3) is 4.00. The maximum Gasteiger partial charge on any atom is 0.279 e. The molecule has 2 N–H and O–H groups in total. The number of likely N-dealkylation sites (tertiary alicyclic amines) is 1. The van der Waals surface area contributed by atoms with Crippen molar-refractivity contribution in [1.29, 1.82) is 0 Å². The van der Waals surface area contributed by atoms with Gasteiger partial charge in [-0.2, -0.15) is 0 Å². The van der Waals surface area contributed by atoms with Gasteiger partial charge in [0.1, 0.15) is 5.75 Å². The first-order valence-corrected chi connectivity index (χ1v) is 9.66. The SMILES string of the molecule is NCC1CCN(Cc2ccc(Oc3nc4ccccc4s3)cc2)CC1. The molecule has 2 heterocycles. The Kier molecular flexibility index (Phi) is 4.97. The summed E-state index contributed by atoms with van der Waals surface area (Å²) in [6.45, 7) is 4.11. The minimum atomic E-state index is 0.692. The molecule has 0 bridgehead atoms. The molecule has 2 aromatic carbocycles. The Morgan fingerprint density at radius 2 is 1.84 bits per heavy atom. The van der Waals surface area contributed by atoms with E-state index in [9.17, 15) is 0 Å². The van der Waals surface area contributed by atoms with Gasteiger partial charge in [-0.3, -0.25) is 4.90 Å². The van der Waals surface area contributed by atoms with Crippen LogP contribution in [-0.4, -0.2) is 29.5 Å². The van der Waals surface area contributed by atoms with Gasteiger partial charge in [-0.05, 0) is 68.2 Å². The van der Waals surface area contributed by atoms with Crippen LogP contribution in [0.4, 0.5) is 0 Å². The van der Waals surface area contributed by atoms with Crippen LogP contribution in [0.2, 0.25) is 0 Å². The lowest BCUT2D eigenvalue weighted by Crippen LogP contribution is -2.35. The summed E-state index contributed by atoms with van der Waals surface area (Å²) in [5, 5.41) is 0.692. The van der Waals surface area contributed by atoms with Crippen LogP contribution in [0.25, 0.3) is 10.2 Å². The van der Waals surface area contributed by atoms with Crippen LogP contribution in [0.15, 0.2) is 48.5 Å². The maximum absolute atomic E-state index is 5.92. The van der Waals surface area contributed by atoms with E-state index in [0.29, 0.717) is 11.1 Å². The van der Waals surface area contributed by atoms with E-state index in [1.54, 1.807) is 11.3 Å². The third-order valence-corrected chi connectivity index (χ3v) is 5.76. The van der Waals surface area contributed by atoms with E-state index in [1.165, 1.54) is 18.4 Å². The molecule has 5 heteroatoms. The first-order chi connectivity index (χ1) is 12.3. The standard InChI is InChI=1S/C20H23N3OS/c21-13-15-9-11-23(12-10-15)14-16-5-7-17(8-6-16)24-20-22-18-3-1-2-4-19(18)25-20/h1-8,15H,9-14,21H2. The number of nitrogens with two attached hydrogens (primary N) is 1. The highest BCUT2D eigenvalue weighted by Crippen LogP contribution is 2.31. The highest BCUT2D eigenvalue weighted by atomic mass is 32.1. The van der Waals surface area contributed by atoms with Gasteiger partial charge < -0.3 is 10.5 Å². The smallest absolute Gasteiger partial charge is 0.279 e. The number of ether oxygens (including phenoxy) is 1. The van der Waals surface area contributed by atoms with Gasteiger partial charge in [-0.1, -0.05) is 35.6 Å². The third-order valence-electron chi connectivity index (χ3n) is 4.85. The summed E-state index contributed by atoms with van der Waals surface area (Å²) in [5.41, 5.74) is 8.08. The van der Waals surface area contributed by atoms with E-state index in [1.807, 2.05) is 30.3 Å². The lowest BCUT2D eigenvalue weighted by molar-refractivity contribution is 0.180. The molecule has 4 nitrogen and oxygen atoms in total. The molecule has 0 spiro atoms. The molecule has 4 rings (SSSR count). The number of rotatable bonds is 5. The fraction of sp³-hybridized carbons (Fsp3) is 0.350. The first kappa shape index (κ1) is 16.5. The van der Waals surface area contributed by atoms with Crippen LogP contribution >= 0.6 is 11.3 Å². The Morgan fingerprint density at radius 3 is 2.56 bits per heavy atom. The van der Waals surface area contributed by atoms with Gasteiger partial charge in [0.05, 0.1) is 10.2 Å². The molecular formula is C20H23N3OS. The Labute approximate surface area is 152 Å². The topological polar surface area (TPSA) is 51.4 Å². The van der Waals surface area contributed by atoms with Crippen LogP contribution in [-0.2, 0) is 6.54 Å². The Hall–Kier alpha value is -1.95. The zero-order chi connectivity index (χ0) is 17.1. The van der Waals surface area contributed by atoms with E-state index < -0.39 is 0 Å². The van der Waals surface area contributed by atoms with Crippen molar-refractivity contribution in [3.8, 4) is 10.9 Å². The van der Waals surface area contributed by atoms with Crippen molar-refractivity contribution in [1.82, 2.24) is 9.88 Å². The highest BCUT2D eigenvalue weighted by molar-refractivity contribution is 7.20. The van der Waals surface area contributed by atoms with Gasteiger partial charge in [0, 0.05) is 6.54 Å². The van der Waals surface area contributed by atoms with Gasteiger partial charge >= 0.3 is 0 Å². The molecule has 0 radical (unpaired) electrons. The minimum absolute atomic E-state index is 0.692. The number of fused-ring (bicyclic) bond motifs is 1. The van der Waals surface area contributed by atoms with Crippen LogP contribution in [0.1, 0.15) is 18.4 Å². The molecule has 1 aliphatic rings. The predicted molar refractivity (Wildman–Crippen MR) is 103 cm³/mol. The average molecular weight is 353 g/mol. The number of para-hydroxylation sites is 1. The highest BCUT2D eigenvalue weighted by Gasteiger charge is 2.17. The van der Waals surface area contributed by atoms with Gasteiger partial charge in [-0.25, -0.2) is 4.98 Å². The number of thiazole rings is 1. The summed E-state index contributed by atoms with van der Waals surface area (Å²) in [5.74, 6) is 1.55. The van der Waals surface area contributed by atoms with Crippen LogP contribution in [0, 0.1) is 5.92 Å². The Bertz CT molecular complexity index is 789. The summed E-state index contributed by atoms with van der Waals surface area (Å²) in [7, 11) is 0. The molecule has 0 saturated carbocycles. The Balaban J connectivity index is 1.37. The molecular weight excluding hydrogens is 330 g/mol. The van der Waals surface area contributed by atoms with Crippen molar-refractivity contribution >= 4 is 21.6 Å². The second kappa shape index (κ2) is 7.52. The lowest BCUT2D eigenvalue weighted by atomic mass is 9.97. The van der Waals surface area contributed by atoms with Crippen molar-refractivity contribution in [2.24, 2.45) is 11.7 Å². The van der Waals surface area contributed by atoms with E-state index in [2.05, 4.69) is 28.1 Å². The largest absolute Gasteiger partial charge is 0.431 e. The molecule has 1 aliphatic heterocycles. The molecule has 130 valence electrons. The molecule has 1 fully saturated rings. The zero-order valence-electron chi connectivity index (χ0n) is 14.2.